The molecule has 4 rings (SSSR count). The second-order valence-electron chi connectivity index (χ2n) is 6.12. The minimum atomic E-state index is -3.88. The molecule has 0 unspecified atom stereocenters. The summed E-state index contributed by atoms with van der Waals surface area (Å²) in [6.45, 7) is 0.910. The molecule has 2 aliphatic rings. The zero-order chi connectivity index (χ0) is 16.7. The van der Waals surface area contributed by atoms with E-state index in [9.17, 15) is 13.2 Å². The lowest BCUT2D eigenvalue weighted by atomic mass is 9.99. The van der Waals surface area contributed by atoms with E-state index in [0.29, 0.717) is 18.1 Å². The molecule has 2 heterocycles. The Bertz CT molecular complexity index is 891. The predicted octanol–water partition coefficient (Wildman–Crippen LogP) is 2.78. The first-order valence-corrected chi connectivity index (χ1v) is 10.2. The van der Waals surface area contributed by atoms with Crippen molar-refractivity contribution in [3.05, 3.63) is 50.7 Å². The number of hydrogen-bond acceptors (Lipinski definition) is 5. The van der Waals surface area contributed by atoms with Crippen molar-refractivity contribution < 1.29 is 17.9 Å². The molecule has 5 nitrogen and oxygen atoms in total. The summed E-state index contributed by atoms with van der Waals surface area (Å²) in [5.41, 5.74) is 3.03. The third-order valence-electron chi connectivity index (χ3n) is 4.45. The van der Waals surface area contributed by atoms with Crippen molar-refractivity contribution in [2.75, 3.05) is 0 Å². The Labute approximate surface area is 144 Å². The molecule has 1 N–H and O–H groups in total. The zero-order valence-corrected chi connectivity index (χ0v) is 14.6. The summed E-state index contributed by atoms with van der Waals surface area (Å²) in [5.74, 6) is -0.550. The van der Waals surface area contributed by atoms with Gasteiger partial charge in [-0.05, 0) is 60.6 Å². The number of aryl methyl sites for hydroxylation is 2. The number of amides is 1. The van der Waals surface area contributed by atoms with E-state index in [2.05, 4.69) is 4.72 Å². The minimum Gasteiger partial charge on any atom is -0.372 e. The first kappa shape index (κ1) is 15.8. The number of ether oxygens (including phenoxy) is 1. The topological polar surface area (TPSA) is 72.5 Å². The van der Waals surface area contributed by atoms with Gasteiger partial charge in [0.05, 0.1) is 23.0 Å². The van der Waals surface area contributed by atoms with Crippen molar-refractivity contribution >= 4 is 27.3 Å². The van der Waals surface area contributed by atoms with E-state index >= 15 is 0 Å². The number of carbonyl (C=O) groups excluding carboxylic acids is 1. The van der Waals surface area contributed by atoms with Crippen molar-refractivity contribution in [3.8, 4) is 0 Å². The highest BCUT2D eigenvalue weighted by Crippen LogP contribution is 2.30. The molecule has 1 aromatic carbocycles. The van der Waals surface area contributed by atoms with Crippen LogP contribution < -0.4 is 4.72 Å². The molecular formula is C17H17NO4S2. The van der Waals surface area contributed by atoms with Gasteiger partial charge in [0.15, 0.2) is 0 Å². The van der Waals surface area contributed by atoms with Gasteiger partial charge in [0.1, 0.15) is 0 Å². The highest BCUT2D eigenvalue weighted by atomic mass is 32.2. The molecule has 1 aliphatic carbocycles. The Balaban J connectivity index is 1.57. The molecule has 0 radical (unpaired) electrons. The van der Waals surface area contributed by atoms with Crippen LogP contribution in [0.5, 0.6) is 0 Å². The van der Waals surface area contributed by atoms with Crippen molar-refractivity contribution in [1.29, 1.82) is 0 Å². The van der Waals surface area contributed by atoms with Crippen molar-refractivity contribution in [3.63, 3.8) is 0 Å². The number of benzene rings is 1. The number of nitrogens with one attached hydrogen (secondary N) is 1. The summed E-state index contributed by atoms with van der Waals surface area (Å²) in [6.07, 6.45) is 4.20. The van der Waals surface area contributed by atoms with Gasteiger partial charge in [-0.1, -0.05) is 6.07 Å². The fourth-order valence-corrected chi connectivity index (χ4v) is 5.38. The Kier molecular flexibility index (Phi) is 3.94. The van der Waals surface area contributed by atoms with E-state index in [1.165, 1.54) is 27.8 Å². The molecule has 24 heavy (non-hydrogen) atoms. The number of sulfonamides is 1. The summed E-state index contributed by atoms with van der Waals surface area (Å²) >= 11 is 1.40. The van der Waals surface area contributed by atoms with E-state index in [4.69, 9.17) is 4.74 Å². The molecule has 0 atom stereocenters. The largest absolute Gasteiger partial charge is 0.372 e. The Morgan fingerprint density at radius 2 is 1.83 bits per heavy atom. The lowest BCUT2D eigenvalue weighted by Gasteiger charge is -2.08. The minimum absolute atomic E-state index is 0.0985. The van der Waals surface area contributed by atoms with Gasteiger partial charge < -0.3 is 4.74 Å². The molecule has 126 valence electrons. The van der Waals surface area contributed by atoms with Crippen LogP contribution in [-0.2, 0) is 40.8 Å². The van der Waals surface area contributed by atoms with E-state index < -0.39 is 15.9 Å². The average molecular weight is 363 g/mol. The van der Waals surface area contributed by atoms with Crippen LogP contribution in [0.3, 0.4) is 0 Å². The van der Waals surface area contributed by atoms with Crippen LogP contribution in [0.1, 0.15) is 44.1 Å². The van der Waals surface area contributed by atoms with Crippen LogP contribution in [0.2, 0.25) is 0 Å². The fraction of sp³-hybridized carbons (Fsp3) is 0.353. The van der Waals surface area contributed by atoms with Gasteiger partial charge in [-0.25, -0.2) is 13.1 Å². The van der Waals surface area contributed by atoms with Gasteiger partial charge >= 0.3 is 0 Å². The summed E-state index contributed by atoms with van der Waals surface area (Å²) in [7, 11) is -3.88. The highest BCUT2D eigenvalue weighted by Gasteiger charge is 2.24. The highest BCUT2D eigenvalue weighted by molar-refractivity contribution is 7.90. The first-order chi connectivity index (χ1) is 11.5. The zero-order valence-electron chi connectivity index (χ0n) is 13.0. The van der Waals surface area contributed by atoms with Crippen molar-refractivity contribution in [2.45, 2.75) is 43.8 Å². The molecule has 0 spiro atoms. The lowest BCUT2D eigenvalue weighted by Crippen LogP contribution is -2.30. The summed E-state index contributed by atoms with van der Waals surface area (Å²) < 4.78 is 32.5. The molecular weight excluding hydrogens is 346 g/mol. The smallest absolute Gasteiger partial charge is 0.275 e. The number of hydrogen-bond donors (Lipinski definition) is 1. The molecule has 1 aliphatic heterocycles. The molecule has 0 fully saturated rings. The molecule has 7 heteroatoms. The van der Waals surface area contributed by atoms with Gasteiger partial charge in [0, 0.05) is 4.88 Å². The SMILES string of the molecule is O=C(NS(=O)(=O)c1ccc2c(c1)COC2)c1cc2c(s1)CCCC2. The van der Waals surface area contributed by atoms with Crippen LogP contribution in [-0.4, -0.2) is 14.3 Å². The predicted molar refractivity (Wildman–Crippen MR) is 90.5 cm³/mol. The maximum atomic E-state index is 12.5. The molecule has 1 aromatic heterocycles. The number of fused-ring (bicyclic) bond motifs is 2. The molecule has 0 saturated heterocycles. The second-order valence-corrected chi connectivity index (χ2v) is 8.94. The van der Waals surface area contributed by atoms with E-state index in [1.54, 1.807) is 12.1 Å². The van der Waals surface area contributed by atoms with Gasteiger partial charge in [0.25, 0.3) is 15.9 Å². The normalized spacial score (nSPS) is 16.5. The van der Waals surface area contributed by atoms with Gasteiger partial charge in [0.2, 0.25) is 0 Å². The molecule has 0 bridgehead atoms. The number of thiophene rings is 1. The lowest BCUT2D eigenvalue weighted by molar-refractivity contribution is 0.0985. The maximum Gasteiger partial charge on any atom is 0.275 e. The molecule has 2 aromatic rings. The van der Waals surface area contributed by atoms with E-state index in [1.807, 2.05) is 6.07 Å². The van der Waals surface area contributed by atoms with Crippen LogP contribution in [0.25, 0.3) is 0 Å². The third-order valence-corrected chi connectivity index (χ3v) is 7.02. The summed E-state index contributed by atoms with van der Waals surface area (Å²) in [6, 6.07) is 6.67. The van der Waals surface area contributed by atoms with Crippen LogP contribution in [0.15, 0.2) is 29.2 Å². The van der Waals surface area contributed by atoms with Gasteiger partial charge in [-0.3, -0.25) is 4.79 Å². The Hall–Kier alpha value is -1.70. The number of rotatable bonds is 3. The van der Waals surface area contributed by atoms with Crippen LogP contribution >= 0.6 is 11.3 Å². The average Bonchev–Trinajstić information content (AvgIpc) is 3.20. The van der Waals surface area contributed by atoms with Gasteiger partial charge in [-0.2, -0.15) is 0 Å². The van der Waals surface area contributed by atoms with Crippen molar-refractivity contribution in [1.82, 2.24) is 4.72 Å². The standard InChI is InChI=1S/C17H17NO4S2/c19-17(16-8-11-3-1-2-4-15(11)23-16)18-24(20,21)14-6-5-12-9-22-10-13(12)7-14/h5-8H,1-4,9-10H2,(H,18,19). The second kappa shape index (κ2) is 5.98. The van der Waals surface area contributed by atoms with E-state index in [-0.39, 0.29) is 4.90 Å². The summed E-state index contributed by atoms with van der Waals surface area (Å²) in [4.78, 5) is 14.2. The first-order valence-electron chi connectivity index (χ1n) is 7.91. The molecule has 1 amide bonds. The summed E-state index contributed by atoms with van der Waals surface area (Å²) in [5, 5.41) is 0. The van der Waals surface area contributed by atoms with Crippen LogP contribution in [0.4, 0.5) is 0 Å². The Morgan fingerprint density at radius 1 is 1.04 bits per heavy atom. The Morgan fingerprint density at radius 3 is 2.67 bits per heavy atom. The quantitative estimate of drug-likeness (QED) is 0.910. The third kappa shape index (κ3) is 2.87. The van der Waals surface area contributed by atoms with Crippen molar-refractivity contribution in [2.24, 2.45) is 0 Å². The van der Waals surface area contributed by atoms with E-state index in [0.717, 1.165) is 36.8 Å². The monoisotopic (exact) mass is 363 g/mol. The van der Waals surface area contributed by atoms with Gasteiger partial charge in [-0.15, -0.1) is 11.3 Å². The maximum absolute atomic E-state index is 12.5. The fourth-order valence-electron chi connectivity index (χ4n) is 3.15. The number of carbonyl (C=O) groups is 1. The molecule has 0 saturated carbocycles. The van der Waals surface area contributed by atoms with Crippen LogP contribution in [0, 0.1) is 0 Å².